The van der Waals surface area contributed by atoms with Crippen LogP contribution in [0.4, 0.5) is 0 Å². The molecule has 0 aliphatic rings. The van der Waals surface area contributed by atoms with Gasteiger partial charge in [-0.2, -0.15) is 0 Å². The molecule has 5 nitrogen and oxygen atoms in total. The van der Waals surface area contributed by atoms with Crippen molar-refractivity contribution in [2.24, 2.45) is 0 Å². The van der Waals surface area contributed by atoms with E-state index in [0.29, 0.717) is 12.8 Å². The second-order valence-corrected chi connectivity index (χ2v) is 11.6. The van der Waals surface area contributed by atoms with Crippen LogP contribution in [0.25, 0.3) is 0 Å². The Morgan fingerprint density at radius 1 is 0.545 bits per heavy atom. The third-order valence-corrected chi connectivity index (χ3v) is 7.30. The molecular formula is C39H66O5. The molecule has 0 unspecified atom stereocenters. The summed E-state index contributed by atoms with van der Waals surface area (Å²) in [7, 11) is 0. The number of hydrogen-bond donors (Lipinski definition) is 1. The third kappa shape index (κ3) is 32.5. The molecule has 0 aliphatic carbocycles. The fraction of sp³-hybridized carbons (Fsp3) is 0.692. The summed E-state index contributed by atoms with van der Waals surface area (Å²) < 4.78 is 10.5. The second kappa shape index (κ2) is 35.1. The van der Waals surface area contributed by atoms with Crippen molar-refractivity contribution in [1.82, 2.24) is 0 Å². The van der Waals surface area contributed by atoms with Gasteiger partial charge in [0, 0.05) is 12.8 Å². The van der Waals surface area contributed by atoms with Crippen molar-refractivity contribution in [3.8, 4) is 0 Å². The average Bonchev–Trinajstić information content (AvgIpc) is 3.02. The van der Waals surface area contributed by atoms with Crippen molar-refractivity contribution < 1.29 is 24.2 Å². The lowest BCUT2D eigenvalue weighted by molar-refractivity contribution is -0.161. The number of aliphatic hydroxyl groups is 1. The highest BCUT2D eigenvalue weighted by molar-refractivity contribution is 5.70. The maximum absolute atomic E-state index is 12.1. The Bertz CT molecular complexity index is 792. The quantitative estimate of drug-likeness (QED) is 0.0478. The summed E-state index contributed by atoms with van der Waals surface area (Å²) in [5.74, 6) is -0.655. The number of rotatable bonds is 31. The van der Waals surface area contributed by atoms with Crippen LogP contribution in [0.5, 0.6) is 0 Å². The van der Waals surface area contributed by atoms with Gasteiger partial charge in [0.2, 0.25) is 0 Å². The standard InChI is InChI=1S/C39H66O5/c1-3-5-7-9-11-13-15-17-19-21-23-25-27-29-31-33-38(41)43-36-37(35-40)44-39(42)34-32-30-28-26-24-22-20-18-16-14-12-10-8-6-4-2/h6,8,12,14,17-20,24,26,37,40H,3-5,7,9-11,13,15-16,21-23,25,27-36H2,1-2H3/t37-/m0/s1. The van der Waals surface area contributed by atoms with Gasteiger partial charge in [0.1, 0.15) is 6.61 Å². The lowest BCUT2D eigenvalue weighted by Crippen LogP contribution is -2.28. The van der Waals surface area contributed by atoms with Crippen molar-refractivity contribution in [2.75, 3.05) is 13.2 Å². The molecule has 1 atom stereocenters. The minimum absolute atomic E-state index is 0.0892. The minimum atomic E-state index is -0.796. The van der Waals surface area contributed by atoms with E-state index in [9.17, 15) is 14.7 Å². The Morgan fingerprint density at radius 3 is 1.55 bits per heavy atom. The van der Waals surface area contributed by atoms with Gasteiger partial charge >= 0.3 is 11.9 Å². The van der Waals surface area contributed by atoms with Crippen LogP contribution in [0.2, 0.25) is 0 Å². The van der Waals surface area contributed by atoms with Crippen LogP contribution in [-0.2, 0) is 19.1 Å². The number of carbonyl (C=O) groups is 2. The highest BCUT2D eigenvalue weighted by Crippen LogP contribution is 2.11. The summed E-state index contributed by atoms with van der Waals surface area (Å²) in [5, 5.41) is 9.51. The average molecular weight is 615 g/mol. The van der Waals surface area contributed by atoms with Gasteiger partial charge < -0.3 is 14.6 Å². The first kappa shape index (κ1) is 41.6. The van der Waals surface area contributed by atoms with Crippen LogP contribution in [0.15, 0.2) is 60.8 Å². The first-order valence-electron chi connectivity index (χ1n) is 17.8. The van der Waals surface area contributed by atoms with Crippen molar-refractivity contribution >= 4 is 11.9 Å². The molecule has 0 aromatic rings. The molecule has 1 N–H and O–H groups in total. The van der Waals surface area contributed by atoms with E-state index in [1.165, 1.54) is 57.8 Å². The molecule has 44 heavy (non-hydrogen) atoms. The van der Waals surface area contributed by atoms with E-state index >= 15 is 0 Å². The fourth-order valence-electron chi connectivity index (χ4n) is 4.60. The molecule has 0 aromatic carbocycles. The highest BCUT2D eigenvalue weighted by Gasteiger charge is 2.16. The molecule has 0 fully saturated rings. The summed E-state index contributed by atoms with van der Waals surface area (Å²) in [6.45, 7) is 3.95. The van der Waals surface area contributed by atoms with Crippen LogP contribution < -0.4 is 0 Å². The molecule has 0 radical (unpaired) electrons. The van der Waals surface area contributed by atoms with Crippen LogP contribution in [-0.4, -0.2) is 36.4 Å². The first-order valence-corrected chi connectivity index (χ1v) is 17.8. The summed E-state index contributed by atoms with van der Waals surface area (Å²) in [6, 6.07) is 0. The van der Waals surface area contributed by atoms with Crippen molar-refractivity contribution in [1.29, 1.82) is 0 Å². The Morgan fingerprint density at radius 2 is 0.977 bits per heavy atom. The largest absolute Gasteiger partial charge is 0.462 e. The van der Waals surface area contributed by atoms with Crippen molar-refractivity contribution in [2.45, 2.75) is 161 Å². The molecule has 0 bridgehead atoms. The SMILES string of the molecule is CCC=CCC=CCC=CCC=CCCCCC(=O)O[C@@H](CO)COC(=O)CCCCCCCC=CCCCCCCCC. The normalized spacial score (nSPS) is 12.9. The molecule has 0 amide bonds. The molecule has 0 spiro atoms. The lowest BCUT2D eigenvalue weighted by atomic mass is 10.1. The zero-order chi connectivity index (χ0) is 32.2. The van der Waals surface area contributed by atoms with E-state index < -0.39 is 6.10 Å². The molecule has 252 valence electrons. The second-order valence-electron chi connectivity index (χ2n) is 11.6. The number of esters is 2. The number of allylic oxidation sites excluding steroid dienone is 10. The third-order valence-electron chi connectivity index (χ3n) is 7.30. The molecule has 0 saturated heterocycles. The first-order chi connectivity index (χ1) is 21.6. The van der Waals surface area contributed by atoms with Crippen LogP contribution in [0.1, 0.15) is 155 Å². The van der Waals surface area contributed by atoms with Crippen LogP contribution in [0, 0.1) is 0 Å². The Balaban J connectivity index is 3.68. The van der Waals surface area contributed by atoms with E-state index in [1.54, 1.807) is 0 Å². The van der Waals surface area contributed by atoms with Gasteiger partial charge in [0.15, 0.2) is 6.10 Å². The van der Waals surface area contributed by atoms with E-state index in [4.69, 9.17) is 9.47 Å². The number of unbranched alkanes of at least 4 members (excludes halogenated alkanes) is 13. The van der Waals surface area contributed by atoms with Gasteiger partial charge in [-0.25, -0.2) is 0 Å². The predicted molar refractivity (Wildman–Crippen MR) is 187 cm³/mol. The van der Waals surface area contributed by atoms with Gasteiger partial charge in [-0.05, 0) is 77.0 Å². The van der Waals surface area contributed by atoms with Gasteiger partial charge in [-0.3, -0.25) is 9.59 Å². The Labute approximate surface area is 271 Å². The summed E-state index contributed by atoms with van der Waals surface area (Å²) in [4.78, 5) is 24.1. The topological polar surface area (TPSA) is 72.8 Å². The minimum Gasteiger partial charge on any atom is -0.462 e. The molecule has 0 aromatic heterocycles. The van der Waals surface area contributed by atoms with E-state index in [0.717, 1.165) is 70.6 Å². The van der Waals surface area contributed by atoms with E-state index in [1.807, 2.05) is 0 Å². The molecule has 0 rings (SSSR count). The van der Waals surface area contributed by atoms with Gasteiger partial charge in [-0.15, -0.1) is 0 Å². The molecule has 0 aliphatic heterocycles. The molecule has 0 heterocycles. The maximum Gasteiger partial charge on any atom is 0.306 e. The zero-order valence-corrected chi connectivity index (χ0v) is 28.4. The Kier molecular flexibility index (Phi) is 33.2. The number of ether oxygens (including phenoxy) is 2. The fourth-order valence-corrected chi connectivity index (χ4v) is 4.60. The maximum atomic E-state index is 12.1. The van der Waals surface area contributed by atoms with Gasteiger partial charge in [-0.1, -0.05) is 126 Å². The van der Waals surface area contributed by atoms with Gasteiger partial charge in [0.05, 0.1) is 6.61 Å². The summed E-state index contributed by atoms with van der Waals surface area (Å²) >= 11 is 0. The van der Waals surface area contributed by atoms with E-state index in [-0.39, 0.29) is 25.2 Å². The van der Waals surface area contributed by atoms with Crippen LogP contribution in [0.3, 0.4) is 0 Å². The number of aliphatic hydroxyl groups excluding tert-OH is 1. The molecular weight excluding hydrogens is 548 g/mol. The zero-order valence-electron chi connectivity index (χ0n) is 28.4. The summed E-state index contributed by atoms with van der Waals surface area (Å²) in [5.41, 5.74) is 0. The molecule has 5 heteroatoms. The smallest absolute Gasteiger partial charge is 0.306 e. The number of hydrogen-bond acceptors (Lipinski definition) is 5. The highest BCUT2D eigenvalue weighted by atomic mass is 16.6. The number of carbonyl (C=O) groups excluding carboxylic acids is 2. The van der Waals surface area contributed by atoms with Crippen molar-refractivity contribution in [3.05, 3.63) is 60.8 Å². The lowest BCUT2D eigenvalue weighted by Gasteiger charge is -2.15. The van der Waals surface area contributed by atoms with Crippen LogP contribution >= 0.6 is 0 Å². The Hall–Kier alpha value is -2.40. The monoisotopic (exact) mass is 614 g/mol. The van der Waals surface area contributed by atoms with Crippen molar-refractivity contribution in [3.63, 3.8) is 0 Å². The summed E-state index contributed by atoms with van der Waals surface area (Å²) in [6.07, 6.45) is 44.2. The molecule has 0 saturated carbocycles. The van der Waals surface area contributed by atoms with E-state index in [2.05, 4.69) is 74.6 Å². The van der Waals surface area contributed by atoms with Gasteiger partial charge in [0.25, 0.3) is 0 Å². The predicted octanol–water partition coefficient (Wildman–Crippen LogP) is 10.8.